The third kappa shape index (κ3) is 2.50. The number of hydrogen-bond acceptors (Lipinski definition) is 4. The molecule has 1 fully saturated rings. The quantitative estimate of drug-likeness (QED) is 0.816. The molecule has 4 nitrogen and oxygen atoms in total. The van der Waals surface area contributed by atoms with Gasteiger partial charge in [-0.25, -0.2) is 4.79 Å². The van der Waals surface area contributed by atoms with E-state index in [0.717, 1.165) is 16.7 Å². The second-order valence-corrected chi connectivity index (χ2v) is 6.00. The Balaban J connectivity index is 1.62. The Labute approximate surface area is 139 Å². The molecule has 0 saturated carbocycles. The third-order valence-corrected chi connectivity index (χ3v) is 4.55. The van der Waals surface area contributed by atoms with Crippen LogP contribution in [0, 0.1) is 5.92 Å². The van der Waals surface area contributed by atoms with Crippen LogP contribution in [0.25, 0.3) is 6.08 Å². The molecule has 0 amide bonds. The number of ether oxygens (including phenoxy) is 2. The lowest BCUT2D eigenvalue weighted by Crippen LogP contribution is -2.28. The van der Waals surface area contributed by atoms with E-state index in [4.69, 9.17) is 9.47 Å². The maximum Gasteiger partial charge on any atom is 0.334 e. The van der Waals surface area contributed by atoms with Gasteiger partial charge in [-0.3, -0.25) is 4.79 Å². The molecule has 0 bridgehead atoms. The lowest BCUT2D eigenvalue weighted by molar-refractivity contribution is -0.148. The molecule has 2 aliphatic rings. The van der Waals surface area contributed by atoms with Crippen molar-refractivity contribution < 1.29 is 19.1 Å². The second-order valence-electron chi connectivity index (χ2n) is 6.00. The SMILES string of the molecule is O=C1OC[C@H]2C1=Cc1ccccc1[C@@H]2C(=O)OCc1ccccc1. The van der Waals surface area contributed by atoms with Crippen LogP contribution in [0.1, 0.15) is 22.6 Å². The average molecular weight is 320 g/mol. The number of carbonyl (C=O) groups is 2. The van der Waals surface area contributed by atoms with Crippen LogP contribution < -0.4 is 0 Å². The fourth-order valence-electron chi connectivity index (χ4n) is 3.35. The van der Waals surface area contributed by atoms with E-state index >= 15 is 0 Å². The molecule has 1 aliphatic carbocycles. The summed E-state index contributed by atoms with van der Waals surface area (Å²) in [6.45, 7) is 0.447. The van der Waals surface area contributed by atoms with Crippen molar-refractivity contribution in [3.05, 3.63) is 76.9 Å². The maximum absolute atomic E-state index is 12.8. The predicted molar refractivity (Wildman–Crippen MR) is 87.8 cm³/mol. The zero-order valence-corrected chi connectivity index (χ0v) is 13.0. The molecule has 0 aromatic heterocycles. The zero-order valence-electron chi connectivity index (χ0n) is 13.0. The molecule has 2 atom stereocenters. The van der Waals surface area contributed by atoms with E-state index in [1.165, 1.54) is 0 Å². The van der Waals surface area contributed by atoms with Gasteiger partial charge in [-0.05, 0) is 22.8 Å². The summed E-state index contributed by atoms with van der Waals surface area (Å²) in [5.41, 5.74) is 3.27. The molecule has 0 radical (unpaired) electrons. The number of cyclic esters (lactones) is 1. The number of fused-ring (bicyclic) bond motifs is 2. The van der Waals surface area contributed by atoms with Crippen molar-refractivity contribution in [1.29, 1.82) is 0 Å². The maximum atomic E-state index is 12.8. The highest BCUT2D eigenvalue weighted by Gasteiger charge is 2.44. The van der Waals surface area contributed by atoms with Crippen molar-refractivity contribution in [3.63, 3.8) is 0 Å². The Morgan fingerprint density at radius 1 is 1.08 bits per heavy atom. The lowest BCUT2D eigenvalue weighted by atomic mass is 9.76. The number of benzene rings is 2. The van der Waals surface area contributed by atoms with E-state index in [0.29, 0.717) is 5.57 Å². The molecule has 4 rings (SSSR count). The molecule has 1 aliphatic heterocycles. The molecule has 1 saturated heterocycles. The smallest absolute Gasteiger partial charge is 0.334 e. The summed E-state index contributed by atoms with van der Waals surface area (Å²) in [5.74, 6) is -1.43. The van der Waals surface area contributed by atoms with Crippen LogP contribution in [0.3, 0.4) is 0 Å². The third-order valence-electron chi connectivity index (χ3n) is 4.55. The molecule has 1 heterocycles. The fraction of sp³-hybridized carbons (Fsp3) is 0.200. The fourth-order valence-corrected chi connectivity index (χ4v) is 3.35. The van der Waals surface area contributed by atoms with E-state index in [-0.39, 0.29) is 31.1 Å². The minimum atomic E-state index is -0.503. The van der Waals surface area contributed by atoms with Gasteiger partial charge < -0.3 is 9.47 Å². The number of carbonyl (C=O) groups excluding carboxylic acids is 2. The average Bonchev–Trinajstić information content (AvgIpc) is 2.99. The Morgan fingerprint density at radius 2 is 1.83 bits per heavy atom. The first kappa shape index (κ1) is 14.7. The Morgan fingerprint density at radius 3 is 2.67 bits per heavy atom. The second kappa shape index (κ2) is 5.96. The van der Waals surface area contributed by atoms with Crippen LogP contribution in [-0.4, -0.2) is 18.5 Å². The molecule has 2 aromatic rings. The molecular formula is C20H16O4. The molecule has 0 unspecified atom stereocenters. The van der Waals surface area contributed by atoms with Gasteiger partial charge in [-0.2, -0.15) is 0 Å². The number of esters is 2. The van der Waals surface area contributed by atoms with Crippen LogP contribution in [0.2, 0.25) is 0 Å². The van der Waals surface area contributed by atoms with Crippen LogP contribution in [0.15, 0.2) is 60.2 Å². The Bertz CT molecular complexity index is 823. The summed E-state index contributed by atoms with van der Waals surface area (Å²) in [5, 5.41) is 0. The highest BCUT2D eigenvalue weighted by atomic mass is 16.5. The monoisotopic (exact) mass is 320 g/mol. The normalized spacial score (nSPS) is 21.3. The molecule has 2 aromatic carbocycles. The largest absolute Gasteiger partial charge is 0.462 e. The van der Waals surface area contributed by atoms with Crippen molar-refractivity contribution in [1.82, 2.24) is 0 Å². The summed E-state index contributed by atoms with van der Waals surface area (Å²) in [7, 11) is 0. The van der Waals surface area contributed by atoms with Gasteiger partial charge in [0.1, 0.15) is 6.61 Å². The standard InChI is InChI=1S/C20H16O4/c21-19-16-10-14-8-4-5-9-15(14)18(17(16)12-24-19)20(22)23-11-13-6-2-1-3-7-13/h1-10,17-18H,11-12H2/t17-,18-/m0/s1. The number of rotatable bonds is 3. The van der Waals surface area contributed by atoms with Crippen LogP contribution >= 0.6 is 0 Å². The summed E-state index contributed by atoms with van der Waals surface area (Å²) in [4.78, 5) is 24.7. The van der Waals surface area contributed by atoms with Crippen molar-refractivity contribution >= 4 is 18.0 Å². The van der Waals surface area contributed by atoms with Gasteiger partial charge in [0.2, 0.25) is 0 Å². The molecule has 4 heteroatoms. The topological polar surface area (TPSA) is 52.6 Å². The van der Waals surface area contributed by atoms with Gasteiger partial charge in [0.25, 0.3) is 0 Å². The van der Waals surface area contributed by atoms with Crippen molar-refractivity contribution in [2.24, 2.45) is 5.92 Å². The van der Waals surface area contributed by atoms with Crippen molar-refractivity contribution in [2.45, 2.75) is 12.5 Å². The van der Waals surface area contributed by atoms with Crippen LogP contribution in [0.4, 0.5) is 0 Å². The minimum absolute atomic E-state index is 0.221. The van der Waals surface area contributed by atoms with Crippen LogP contribution in [0.5, 0.6) is 0 Å². The molecule has 0 N–H and O–H groups in total. The highest BCUT2D eigenvalue weighted by Crippen LogP contribution is 2.42. The van der Waals surface area contributed by atoms with Gasteiger partial charge in [-0.1, -0.05) is 54.6 Å². The molecule has 120 valence electrons. The Kier molecular flexibility index (Phi) is 3.65. The minimum Gasteiger partial charge on any atom is -0.462 e. The first-order valence-corrected chi connectivity index (χ1v) is 7.92. The summed E-state index contributed by atoms with van der Waals surface area (Å²) < 4.78 is 10.7. The highest BCUT2D eigenvalue weighted by molar-refractivity contribution is 6.00. The number of hydrogen-bond donors (Lipinski definition) is 0. The summed E-state index contributed by atoms with van der Waals surface area (Å²) in [6, 6.07) is 17.2. The van der Waals surface area contributed by atoms with Gasteiger partial charge >= 0.3 is 11.9 Å². The van der Waals surface area contributed by atoms with E-state index in [1.54, 1.807) is 0 Å². The van der Waals surface area contributed by atoms with E-state index in [9.17, 15) is 9.59 Å². The first-order valence-electron chi connectivity index (χ1n) is 7.92. The summed E-state index contributed by atoms with van der Waals surface area (Å²) in [6.07, 6.45) is 1.83. The molecule has 0 spiro atoms. The van der Waals surface area contributed by atoms with E-state index < -0.39 is 5.92 Å². The van der Waals surface area contributed by atoms with Gasteiger partial charge in [-0.15, -0.1) is 0 Å². The van der Waals surface area contributed by atoms with Gasteiger partial charge in [0, 0.05) is 11.5 Å². The first-order chi connectivity index (χ1) is 11.7. The van der Waals surface area contributed by atoms with Gasteiger partial charge in [0.15, 0.2) is 0 Å². The van der Waals surface area contributed by atoms with Crippen LogP contribution in [-0.2, 0) is 25.7 Å². The Hall–Kier alpha value is -2.88. The van der Waals surface area contributed by atoms with Crippen molar-refractivity contribution in [2.75, 3.05) is 6.61 Å². The molecule has 24 heavy (non-hydrogen) atoms. The van der Waals surface area contributed by atoms with Crippen molar-refractivity contribution in [3.8, 4) is 0 Å². The van der Waals surface area contributed by atoms with E-state index in [1.807, 2.05) is 60.7 Å². The van der Waals surface area contributed by atoms with E-state index in [2.05, 4.69) is 0 Å². The molecular weight excluding hydrogens is 304 g/mol. The van der Waals surface area contributed by atoms with Gasteiger partial charge in [0.05, 0.1) is 12.5 Å². The summed E-state index contributed by atoms with van der Waals surface area (Å²) >= 11 is 0. The predicted octanol–water partition coefficient (Wildman–Crippen LogP) is 3.08. The zero-order chi connectivity index (χ0) is 16.5. The lowest BCUT2D eigenvalue weighted by Gasteiger charge is -2.26.